The van der Waals surface area contributed by atoms with Gasteiger partial charge in [-0.05, 0) is 48.9 Å². The van der Waals surface area contributed by atoms with Gasteiger partial charge in [0.2, 0.25) is 0 Å². The van der Waals surface area contributed by atoms with Gasteiger partial charge >= 0.3 is 0 Å². The molecule has 0 aromatic heterocycles. The van der Waals surface area contributed by atoms with Crippen molar-refractivity contribution < 1.29 is 19.0 Å². The number of hydrogen-bond acceptors (Lipinski definition) is 4. The summed E-state index contributed by atoms with van der Waals surface area (Å²) >= 11 is 5.76. The molecule has 2 N–H and O–H groups in total. The summed E-state index contributed by atoms with van der Waals surface area (Å²) in [7, 11) is 0. The van der Waals surface area contributed by atoms with Crippen LogP contribution < -0.4 is 10.2 Å². The molecule has 0 aliphatic heterocycles. The molecule has 0 atom stereocenters. The van der Waals surface area contributed by atoms with Crippen molar-refractivity contribution in [3.8, 4) is 11.5 Å². The highest BCUT2D eigenvalue weighted by molar-refractivity contribution is 6.30. The predicted octanol–water partition coefficient (Wildman–Crippen LogP) is 3.49. The van der Waals surface area contributed by atoms with E-state index in [1.165, 1.54) is 6.07 Å². The third-order valence-electron chi connectivity index (χ3n) is 3.10. The summed E-state index contributed by atoms with van der Waals surface area (Å²) in [5.41, 5.74) is 2.91. The normalized spacial score (nSPS) is 11.2. The van der Waals surface area contributed by atoms with Crippen LogP contribution in [0.25, 0.3) is 0 Å². The Morgan fingerprint density at radius 3 is 2.67 bits per heavy atom. The van der Waals surface area contributed by atoms with E-state index in [4.69, 9.17) is 16.3 Å². The van der Waals surface area contributed by atoms with E-state index in [1.807, 2.05) is 0 Å². The van der Waals surface area contributed by atoms with Crippen LogP contribution in [0.1, 0.15) is 18.9 Å². The average molecular weight is 351 g/mol. The Bertz CT molecular complexity index is 748. The first kappa shape index (κ1) is 17.7. The molecule has 0 spiro atoms. The highest BCUT2D eigenvalue weighted by atomic mass is 35.5. The van der Waals surface area contributed by atoms with Gasteiger partial charge in [-0.3, -0.25) is 4.79 Å². The molecular formula is C17H16ClFN2O3. The van der Waals surface area contributed by atoms with Crippen LogP contribution in [-0.4, -0.2) is 23.3 Å². The predicted molar refractivity (Wildman–Crippen MR) is 90.0 cm³/mol. The molecule has 0 aliphatic carbocycles. The maximum Gasteiger partial charge on any atom is 0.277 e. The Morgan fingerprint density at radius 1 is 1.29 bits per heavy atom. The van der Waals surface area contributed by atoms with Gasteiger partial charge in [0.15, 0.2) is 6.61 Å². The molecule has 0 bridgehead atoms. The monoisotopic (exact) mass is 350 g/mol. The van der Waals surface area contributed by atoms with E-state index in [9.17, 15) is 14.3 Å². The number of halogens is 2. The maximum atomic E-state index is 13.3. The minimum atomic E-state index is -0.499. The summed E-state index contributed by atoms with van der Waals surface area (Å²) in [6.45, 7) is 1.54. The molecular weight excluding hydrogens is 335 g/mol. The second kappa shape index (κ2) is 8.31. The fourth-order valence-electron chi connectivity index (χ4n) is 1.91. The zero-order valence-corrected chi connectivity index (χ0v) is 13.7. The van der Waals surface area contributed by atoms with Gasteiger partial charge in [0.25, 0.3) is 5.91 Å². The van der Waals surface area contributed by atoms with Crippen LogP contribution in [0.2, 0.25) is 5.02 Å². The number of carbonyl (C=O) groups is 1. The third kappa shape index (κ3) is 4.96. The molecule has 2 rings (SSSR count). The number of benzene rings is 2. The summed E-state index contributed by atoms with van der Waals surface area (Å²) in [6.07, 6.45) is 0.398. The van der Waals surface area contributed by atoms with E-state index in [2.05, 4.69) is 10.5 Å². The number of nitrogens with one attached hydrogen (secondary N) is 1. The molecule has 0 fully saturated rings. The largest absolute Gasteiger partial charge is 0.507 e. The zero-order valence-electron chi connectivity index (χ0n) is 12.9. The summed E-state index contributed by atoms with van der Waals surface area (Å²) < 4.78 is 18.6. The van der Waals surface area contributed by atoms with Crippen molar-refractivity contribution in [3.05, 3.63) is 58.9 Å². The lowest BCUT2D eigenvalue weighted by atomic mass is 10.1. The lowest BCUT2D eigenvalue weighted by Gasteiger charge is -2.08. The van der Waals surface area contributed by atoms with Gasteiger partial charge in [0.1, 0.15) is 17.3 Å². The molecule has 0 unspecified atom stereocenters. The molecule has 1 amide bonds. The number of ether oxygens (including phenoxy) is 1. The van der Waals surface area contributed by atoms with Gasteiger partial charge in [-0.15, -0.1) is 0 Å². The highest BCUT2D eigenvalue weighted by Crippen LogP contribution is 2.20. The van der Waals surface area contributed by atoms with Crippen molar-refractivity contribution in [1.29, 1.82) is 0 Å². The summed E-state index contributed by atoms with van der Waals surface area (Å²) in [5.74, 6) is -0.589. The number of hydrazone groups is 1. The molecule has 7 heteroatoms. The lowest BCUT2D eigenvalue weighted by Crippen LogP contribution is -2.26. The lowest BCUT2D eigenvalue weighted by molar-refractivity contribution is -0.123. The number of amides is 1. The van der Waals surface area contributed by atoms with Crippen LogP contribution in [0.4, 0.5) is 4.39 Å². The molecule has 2 aromatic carbocycles. The van der Waals surface area contributed by atoms with Crippen LogP contribution in [0.3, 0.4) is 0 Å². The van der Waals surface area contributed by atoms with Crippen LogP contribution in [0.15, 0.2) is 47.6 Å². The van der Waals surface area contributed by atoms with Gasteiger partial charge in [0.05, 0.1) is 5.71 Å². The highest BCUT2D eigenvalue weighted by Gasteiger charge is 2.10. The number of rotatable bonds is 6. The topological polar surface area (TPSA) is 70.9 Å². The van der Waals surface area contributed by atoms with E-state index in [0.717, 1.165) is 12.1 Å². The standard InChI is InChI=1S/C17H16ClFN2O3/c1-2-15(14-9-12(19)5-8-16(14)22)20-21-17(23)10-24-13-6-3-11(18)4-7-13/h3-9,22H,2,10H2,1H3,(H,21,23). The molecule has 24 heavy (non-hydrogen) atoms. The molecule has 5 nitrogen and oxygen atoms in total. The van der Waals surface area contributed by atoms with Crippen LogP contribution in [0, 0.1) is 5.82 Å². The van der Waals surface area contributed by atoms with E-state index < -0.39 is 11.7 Å². The number of carbonyl (C=O) groups excluding carboxylic acids is 1. The van der Waals surface area contributed by atoms with Crippen LogP contribution in [-0.2, 0) is 4.79 Å². The molecule has 126 valence electrons. The zero-order chi connectivity index (χ0) is 17.5. The van der Waals surface area contributed by atoms with E-state index in [0.29, 0.717) is 22.9 Å². The fraction of sp³-hybridized carbons (Fsp3) is 0.176. The summed E-state index contributed by atoms with van der Waals surface area (Å²) in [6, 6.07) is 10.1. The minimum absolute atomic E-state index is 0.108. The molecule has 0 aliphatic rings. The fourth-order valence-corrected chi connectivity index (χ4v) is 2.04. The maximum absolute atomic E-state index is 13.3. The van der Waals surface area contributed by atoms with Crippen molar-refractivity contribution in [2.75, 3.05) is 6.61 Å². The second-order valence-corrected chi connectivity index (χ2v) is 5.29. The molecule has 0 saturated heterocycles. The first-order valence-corrected chi connectivity index (χ1v) is 7.60. The van der Waals surface area contributed by atoms with Gasteiger partial charge in [0, 0.05) is 10.6 Å². The molecule has 0 heterocycles. The number of nitrogens with zero attached hydrogens (tertiary/aromatic N) is 1. The van der Waals surface area contributed by atoms with Gasteiger partial charge in [-0.1, -0.05) is 18.5 Å². The Morgan fingerprint density at radius 2 is 2.00 bits per heavy atom. The first-order valence-electron chi connectivity index (χ1n) is 7.22. The Kier molecular flexibility index (Phi) is 6.14. The quantitative estimate of drug-likeness (QED) is 0.618. The number of phenols is 1. The third-order valence-corrected chi connectivity index (χ3v) is 3.36. The van der Waals surface area contributed by atoms with Gasteiger partial charge in [-0.25, -0.2) is 9.82 Å². The summed E-state index contributed by atoms with van der Waals surface area (Å²) in [5, 5.41) is 14.3. The van der Waals surface area contributed by atoms with Crippen LogP contribution in [0.5, 0.6) is 11.5 Å². The van der Waals surface area contributed by atoms with Crippen molar-refractivity contribution in [2.45, 2.75) is 13.3 Å². The van der Waals surface area contributed by atoms with E-state index >= 15 is 0 Å². The van der Waals surface area contributed by atoms with Gasteiger partial charge < -0.3 is 9.84 Å². The summed E-state index contributed by atoms with van der Waals surface area (Å²) in [4.78, 5) is 11.8. The van der Waals surface area contributed by atoms with Crippen LogP contribution >= 0.6 is 11.6 Å². The second-order valence-electron chi connectivity index (χ2n) is 4.85. The Labute approximate surface area is 143 Å². The molecule has 2 aromatic rings. The van der Waals surface area contributed by atoms with Crippen molar-refractivity contribution in [2.24, 2.45) is 5.10 Å². The Balaban J connectivity index is 1.98. The first-order chi connectivity index (χ1) is 11.5. The number of phenolic OH excluding ortho intramolecular Hbond substituents is 1. The smallest absolute Gasteiger partial charge is 0.277 e. The molecule has 0 saturated carbocycles. The van der Waals surface area contributed by atoms with E-state index in [-0.39, 0.29) is 17.9 Å². The number of aromatic hydroxyl groups is 1. The molecule has 0 radical (unpaired) electrons. The number of hydrogen-bond donors (Lipinski definition) is 2. The van der Waals surface area contributed by atoms with Crippen molar-refractivity contribution in [3.63, 3.8) is 0 Å². The van der Waals surface area contributed by atoms with Gasteiger partial charge in [-0.2, -0.15) is 5.10 Å². The average Bonchev–Trinajstić information content (AvgIpc) is 2.58. The SMILES string of the molecule is CCC(=NNC(=O)COc1ccc(Cl)cc1)c1cc(F)ccc1O. The minimum Gasteiger partial charge on any atom is -0.507 e. The van der Waals surface area contributed by atoms with Crippen molar-refractivity contribution in [1.82, 2.24) is 5.43 Å². The van der Waals surface area contributed by atoms with Crippen molar-refractivity contribution >= 4 is 23.2 Å². The van der Waals surface area contributed by atoms with E-state index in [1.54, 1.807) is 31.2 Å². The Hall–Kier alpha value is -2.60.